The highest BCUT2D eigenvalue weighted by molar-refractivity contribution is 6.37. The van der Waals surface area contributed by atoms with Crippen molar-refractivity contribution in [3.63, 3.8) is 0 Å². The summed E-state index contributed by atoms with van der Waals surface area (Å²) in [6.45, 7) is 8.88. The van der Waals surface area contributed by atoms with E-state index in [0.29, 0.717) is 5.92 Å². The number of halogens is 2. The smallest absolute Gasteiger partial charge is 0.208 e. The van der Waals surface area contributed by atoms with Crippen LogP contribution in [0.2, 0.25) is 0 Å². The Labute approximate surface area is 244 Å². The molecule has 1 heterocycles. The van der Waals surface area contributed by atoms with Gasteiger partial charge in [0.05, 0.1) is 0 Å². The molecular formula is C35H39Cl2N2+. The zero-order valence-electron chi connectivity index (χ0n) is 24.0. The number of para-hydroxylation sites is 2. The van der Waals surface area contributed by atoms with Crippen molar-refractivity contribution in [3.05, 3.63) is 116 Å². The lowest BCUT2D eigenvalue weighted by Crippen LogP contribution is -2.22. The van der Waals surface area contributed by atoms with Crippen molar-refractivity contribution in [2.45, 2.75) is 58.8 Å². The summed E-state index contributed by atoms with van der Waals surface area (Å²) in [7, 11) is 4.27. The highest BCUT2D eigenvalue weighted by Gasteiger charge is 2.38. The van der Waals surface area contributed by atoms with E-state index in [9.17, 15) is 0 Å². The summed E-state index contributed by atoms with van der Waals surface area (Å²) >= 11 is 14.2. The van der Waals surface area contributed by atoms with Gasteiger partial charge in [0.2, 0.25) is 5.69 Å². The number of anilines is 1. The summed E-state index contributed by atoms with van der Waals surface area (Å²) in [4.78, 5) is 2.31. The van der Waals surface area contributed by atoms with Gasteiger partial charge < -0.3 is 4.90 Å². The van der Waals surface area contributed by atoms with Crippen LogP contribution >= 0.6 is 23.2 Å². The predicted octanol–water partition coefficient (Wildman–Crippen LogP) is 9.71. The van der Waals surface area contributed by atoms with Crippen molar-refractivity contribution in [2.24, 2.45) is 5.92 Å². The predicted molar refractivity (Wildman–Crippen MR) is 169 cm³/mol. The fraction of sp³-hybridized carbons (Fsp3) is 0.343. The average molecular weight is 559 g/mol. The third-order valence-corrected chi connectivity index (χ3v) is 9.78. The van der Waals surface area contributed by atoms with E-state index in [1.165, 1.54) is 45.1 Å². The van der Waals surface area contributed by atoms with Gasteiger partial charge in [-0.25, -0.2) is 0 Å². The molecular weight excluding hydrogens is 519 g/mol. The number of rotatable bonds is 4. The SMILES string of the molecule is CC(/C=C/C1=C(Cl)C2=C(Cl)/C(=C/C=C3/N(C)c4ccccc4C3(C)C)CCC2CC1)=[N+](/C)c1ccccc1C. The van der Waals surface area contributed by atoms with Crippen LogP contribution in [-0.2, 0) is 5.41 Å². The lowest BCUT2D eigenvalue weighted by atomic mass is 9.76. The topological polar surface area (TPSA) is 6.25 Å². The minimum atomic E-state index is -0.0562. The van der Waals surface area contributed by atoms with E-state index in [-0.39, 0.29) is 5.41 Å². The third kappa shape index (κ3) is 5.10. The van der Waals surface area contributed by atoms with Gasteiger partial charge in [0.1, 0.15) is 7.05 Å². The summed E-state index contributed by atoms with van der Waals surface area (Å²) < 4.78 is 2.23. The maximum atomic E-state index is 7.12. The van der Waals surface area contributed by atoms with Gasteiger partial charge in [0.15, 0.2) is 5.71 Å². The van der Waals surface area contributed by atoms with Crippen molar-refractivity contribution < 1.29 is 4.58 Å². The molecule has 2 aliphatic carbocycles. The summed E-state index contributed by atoms with van der Waals surface area (Å²) in [5, 5.41) is 1.68. The molecule has 4 heteroatoms. The van der Waals surface area contributed by atoms with Crippen LogP contribution in [0.5, 0.6) is 0 Å². The Morgan fingerprint density at radius 1 is 0.974 bits per heavy atom. The van der Waals surface area contributed by atoms with Crippen molar-refractivity contribution >= 4 is 40.3 Å². The van der Waals surface area contributed by atoms with Crippen LogP contribution < -0.4 is 4.90 Å². The summed E-state index contributed by atoms with van der Waals surface area (Å²) in [5.41, 5.74) is 11.0. The number of hydrogen-bond donors (Lipinski definition) is 0. The Morgan fingerprint density at radius 2 is 1.67 bits per heavy atom. The second-order valence-corrected chi connectivity index (χ2v) is 12.4. The number of benzene rings is 2. The molecule has 1 unspecified atom stereocenters. The highest BCUT2D eigenvalue weighted by atomic mass is 35.5. The first-order chi connectivity index (χ1) is 18.6. The molecule has 0 bridgehead atoms. The Morgan fingerprint density at radius 3 is 2.41 bits per heavy atom. The first-order valence-corrected chi connectivity index (χ1v) is 14.7. The largest absolute Gasteiger partial charge is 0.347 e. The van der Waals surface area contributed by atoms with E-state index in [0.717, 1.165) is 41.3 Å². The molecule has 0 amide bonds. The maximum Gasteiger partial charge on any atom is 0.208 e. The first-order valence-electron chi connectivity index (χ1n) is 14.0. The van der Waals surface area contributed by atoms with Gasteiger partial charge >= 0.3 is 0 Å². The molecule has 2 aromatic rings. The zero-order chi connectivity index (χ0) is 27.9. The average Bonchev–Trinajstić information content (AvgIpc) is 3.12. The molecule has 2 aromatic carbocycles. The van der Waals surface area contributed by atoms with E-state index in [2.05, 4.69) is 124 Å². The van der Waals surface area contributed by atoms with Crippen LogP contribution in [0, 0.1) is 12.8 Å². The standard InChI is InChI=1S/C35H39Cl2N2/c1-23-11-7-9-13-29(23)38(5)24(2)15-16-26-19-17-25-18-20-27(34(37)32(25)33(26)36)21-22-31-35(3,4)28-12-8-10-14-30(28)39(31)6/h7-16,21-22,25H,17-20H2,1-6H3/q+1. The van der Waals surface area contributed by atoms with Crippen molar-refractivity contribution in [2.75, 3.05) is 19.0 Å². The molecule has 2 nitrogen and oxygen atoms in total. The highest BCUT2D eigenvalue weighted by Crippen LogP contribution is 2.49. The molecule has 0 N–H and O–H groups in total. The molecule has 1 atom stereocenters. The quantitative estimate of drug-likeness (QED) is 0.267. The summed E-state index contributed by atoms with van der Waals surface area (Å²) in [5.74, 6) is 0.432. The lowest BCUT2D eigenvalue weighted by Gasteiger charge is -2.32. The number of hydrogen-bond acceptors (Lipinski definition) is 1. The molecule has 0 radical (unpaired) electrons. The van der Waals surface area contributed by atoms with E-state index >= 15 is 0 Å². The second kappa shape index (κ2) is 11.0. The molecule has 0 spiro atoms. The van der Waals surface area contributed by atoms with Crippen LogP contribution in [0.15, 0.2) is 105 Å². The Balaban J connectivity index is 1.46. The second-order valence-electron chi connectivity index (χ2n) is 11.6. The third-order valence-electron chi connectivity index (χ3n) is 8.88. The Hall–Kier alpha value is -2.81. The van der Waals surface area contributed by atoms with Gasteiger partial charge in [-0.15, -0.1) is 0 Å². The van der Waals surface area contributed by atoms with Gasteiger partial charge in [0, 0.05) is 58.5 Å². The van der Waals surface area contributed by atoms with Crippen LogP contribution in [0.1, 0.15) is 57.6 Å². The van der Waals surface area contributed by atoms with E-state index < -0.39 is 0 Å². The Bertz CT molecular complexity index is 1500. The van der Waals surface area contributed by atoms with Gasteiger partial charge in [-0.1, -0.05) is 85.6 Å². The van der Waals surface area contributed by atoms with Crippen LogP contribution in [0.3, 0.4) is 0 Å². The van der Waals surface area contributed by atoms with Crippen LogP contribution in [0.4, 0.5) is 11.4 Å². The monoisotopic (exact) mass is 557 g/mol. The van der Waals surface area contributed by atoms with Crippen molar-refractivity contribution in [1.82, 2.24) is 0 Å². The molecule has 39 heavy (non-hydrogen) atoms. The molecule has 5 rings (SSSR count). The number of nitrogens with zero attached hydrogens (tertiary/aromatic N) is 2. The van der Waals surface area contributed by atoms with Gasteiger partial charge in [-0.05, 0) is 73.0 Å². The molecule has 3 aliphatic rings. The van der Waals surface area contributed by atoms with Crippen LogP contribution in [0.25, 0.3) is 0 Å². The molecule has 0 saturated heterocycles. The maximum absolute atomic E-state index is 7.12. The molecule has 0 fully saturated rings. The number of allylic oxidation sites excluding steroid dienone is 10. The lowest BCUT2D eigenvalue weighted by molar-refractivity contribution is -0.405. The van der Waals surface area contributed by atoms with Gasteiger partial charge in [0.25, 0.3) is 0 Å². The first kappa shape index (κ1) is 27.7. The van der Waals surface area contributed by atoms with E-state index in [1.54, 1.807) is 0 Å². The molecule has 1 aliphatic heterocycles. The molecule has 0 saturated carbocycles. The summed E-state index contributed by atoms with van der Waals surface area (Å²) in [6, 6.07) is 17.1. The number of likely N-dealkylation sites (N-methyl/N-ethyl adjacent to an activating group) is 1. The molecule has 202 valence electrons. The normalized spacial score (nSPS) is 23.6. The fourth-order valence-electron chi connectivity index (χ4n) is 6.37. The summed E-state index contributed by atoms with van der Waals surface area (Å²) in [6.07, 6.45) is 13.0. The van der Waals surface area contributed by atoms with Crippen molar-refractivity contribution in [3.8, 4) is 0 Å². The fourth-order valence-corrected chi connectivity index (χ4v) is 7.23. The van der Waals surface area contributed by atoms with Crippen molar-refractivity contribution in [1.29, 1.82) is 0 Å². The van der Waals surface area contributed by atoms with Crippen LogP contribution in [-0.4, -0.2) is 24.4 Å². The van der Waals surface area contributed by atoms with E-state index in [1.807, 2.05) is 0 Å². The van der Waals surface area contributed by atoms with E-state index in [4.69, 9.17) is 23.2 Å². The molecule has 0 aromatic heterocycles. The Kier molecular flexibility index (Phi) is 7.82. The minimum absolute atomic E-state index is 0.0562. The van der Waals surface area contributed by atoms with Gasteiger partial charge in [-0.3, -0.25) is 0 Å². The number of aryl methyl sites for hydroxylation is 1. The zero-order valence-corrected chi connectivity index (χ0v) is 25.5. The number of fused-ring (bicyclic) bond motifs is 2. The minimum Gasteiger partial charge on any atom is -0.347 e. The van der Waals surface area contributed by atoms with Gasteiger partial charge in [-0.2, -0.15) is 4.58 Å².